The van der Waals surface area contributed by atoms with E-state index in [0.717, 1.165) is 24.1 Å². The molecule has 0 radical (unpaired) electrons. The molecule has 1 fully saturated rings. The van der Waals surface area contributed by atoms with E-state index in [1.807, 2.05) is 36.4 Å². The van der Waals surface area contributed by atoms with E-state index < -0.39 is 5.60 Å². The predicted molar refractivity (Wildman–Crippen MR) is 93.4 cm³/mol. The van der Waals surface area contributed by atoms with Gasteiger partial charge < -0.3 is 10.4 Å². The number of nitrogens with zero attached hydrogens (tertiary/aromatic N) is 1. The molecule has 23 heavy (non-hydrogen) atoms. The van der Waals surface area contributed by atoms with E-state index >= 15 is 0 Å². The molecule has 1 aliphatic carbocycles. The number of nitrogens with one attached hydrogen (secondary N) is 1. The Morgan fingerprint density at radius 1 is 1.30 bits per heavy atom. The Bertz CT molecular complexity index is 723. The van der Waals surface area contributed by atoms with Crippen LogP contribution in [0.4, 0.5) is 5.69 Å². The average molecular weight is 327 g/mol. The molecule has 1 aliphatic rings. The van der Waals surface area contributed by atoms with Crippen LogP contribution in [0.5, 0.6) is 0 Å². The lowest BCUT2D eigenvalue weighted by molar-refractivity contribution is 0.0561. The van der Waals surface area contributed by atoms with Crippen LogP contribution < -0.4 is 5.32 Å². The van der Waals surface area contributed by atoms with Gasteiger partial charge >= 0.3 is 0 Å². The summed E-state index contributed by atoms with van der Waals surface area (Å²) < 4.78 is 0. The molecule has 1 aromatic carbocycles. The molecule has 4 heteroatoms. The number of anilines is 1. The minimum atomic E-state index is -0.958. The fourth-order valence-electron chi connectivity index (χ4n) is 2.93. The molecule has 118 valence electrons. The lowest BCUT2D eigenvalue weighted by atomic mass is 9.82. The van der Waals surface area contributed by atoms with Crippen LogP contribution in [-0.4, -0.2) is 21.7 Å². The number of hydrogen-bond donors (Lipinski definition) is 2. The average Bonchev–Trinajstić information content (AvgIpc) is 2.54. The largest absolute Gasteiger partial charge is 0.381 e. The molecule has 0 bridgehead atoms. The van der Waals surface area contributed by atoms with Crippen molar-refractivity contribution in [3.05, 3.63) is 59.4 Å². The van der Waals surface area contributed by atoms with E-state index in [4.69, 9.17) is 11.6 Å². The van der Waals surface area contributed by atoms with E-state index in [1.54, 1.807) is 12.4 Å². The Morgan fingerprint density at radius 2 is 2.22 bits per heavy atom. The summed E-state index contributed by atoms with van der Waals surface area (Å²) in [5, 5.41) is 14.9. The molecule has 0 unspecified atom stereocenters. The Balaban J connectivity index is 1.69. The number of benzene rings is 1. The molecule has 2 aromatic rings. The van der Waals surface area contributed by atoms with Crippen molar-refractivity contribution < 1.29 is 5.11 Å². The second kappa shape index (κ2) is 7.04. The zero-order valence-electron chi connectivity index (χ0n) is 12.8. The Hall–Kier alpha value is -2.02. The summed E-state index contributed by atoms with van der Waals surface area (Å²) in [6.07, 6.45) is 6.82. The predicted octanol–water partition coefficient (Wildman–Crippen LogP) is 3.87. The van der Waals surface area contributed by atoms with Gasteiger partial charge in [-0.25, -0.2) is 0 Å². The fourth-order valence-corrected chi connectivity index (χ4v) is 3.12. The third-order valence-corrected chi connectivity index (χ3v) is 4.26. The summed E-state index contributed by atoms with van der Waals surface area (Å²) in [4.78, 5) is 4.11. The SMILES string of the molecule is O[C@]1(C#Cc2cccc(Cl)c2)CCC[C@@H](Nc2cccnc2)C1. The number of rotatable bonds is 2. The second-order valence-corrected chi connectivity index (χ2v) is 6.41. The summed E-state index contributed by atoms with van der Waals surface area (Å²) in [5.41, 5.74) is 0.846. The highest BCUT2D eigenvalue weighted by atomic mass is 35.5. The van der Waals surface area contributed by atoms with Gasteiger partial charge in [-0.2, -0.15) is 0 Å². The Kier molecular flexibility index (Phi) is 4.85. The standard InChI is InChI=1S/C19H19ClN2O/c20-16-5-1-4-15(12-16)8-10-19(23)9-2-6-17(13-19)22-18-7-3-11-21-14-18/h1,3-5,7,11-12,14,17,22-23H,2,6,9,13H2/t17-,19+/m1/s1. The number of halogens is 1. The molecule has 2 N–H and O–H groups in total. The second-order valence-electron chi connectivity index (χ2n) is 5.97. The van der Waals surface area contributed by atoms with Crippen molar-refractivity contribution in [3.8, 4) is 11.8 Å². The summed E-state index contributed by atoms with van der Waals surface area (Å²) >= 11 is 5.97. The quantitative estimate of drug-likeness (QED) is 0.823. The number of pyridine rings is 1. The van der Waals surface area contributed by atoms with E-state index in [9.17, 15) is 5.11 Å². The van der Waals surface area contributed by atoms with E-state index in [2.05, 4.69) is 22.1 Å². The first-order chi connectivity index (χ1) is 11.1. The van der Waals surface area contributed by atoms with Crippen LogP contribution in [0.1, 0.15) is 31.2 Å². The van der Waals surface area contributed by atoms with E-state index in [-0.39, 0.29) is 6.04 Å². The topological polar surface area (TPSA) is 45.1 Å². The van der Waals surface area contributed by atoms with Crippen LogP contribution in [0, 0.1) is 11.8 Å². The van der Waals surface area contributed by atoms with Crippen molar-refractivity contribution >= 4 is 17.3 Å². The first kappa shape index (κ1) is 15.9. The van der Waals surface area contributed by atoms with E-state index in [0.29, 0.717) is 17.9 Å². The molecule has 0 aliphatic heterocycles. The van der Waals surface area contributed by atoms with Crippen LogP contribution in [0.3, 0.4) is 0 Å². The molecule has 1 heterocycles. The van der Waals surface area contributed by atoms with Crippen LogP contribution in [-0.2, 0) is 0 Å². The highest BCUT2D eigenvalue weighted by Gasteiger charge is 2.32. The maximum atomic E-state index is 10.8. The smallest absolute Gasteiger partial charge is 0.127 e. The van der Waals surface area contributed by atoms with Gasteiger partial charge in [-0.1, -0.05) is 29.5 Å². The van der Waals surface area contributed by atoms with Gasteiger partial charge in [-0.3, -0.25) is 4.98 Å². The Morgan fingerprint density at radius 3 is 3.00 bits per heavy atom. The van der Waals surface area contributed by atoms with Crippen molar-refractivity contribution in [2.75, 3.05) is 5.32 Å². The van der Waals surface area contributed by atoms with E-state index in [1.165, 1.54) is 0 Å². The van der Waals surface area contributed by atoms with Crippen LogP contribution in [0.25, 0.3) is 0 Å². The summed E-state index contributed by atoms with van der Waals surface area (Å²) in [5.74, 6) is 6.10. The van der Waals surface area contributed by atoms with Gasteiger partial charge in [-0.05, 0) is 49.6 Å². The van der Waals surface area contributed by atoms with Gasteiger partial charge in [0.1, 0.15) is 5.60 Å². The lowest BCUT2D eigenvalue weighted by Crippen LogP contribution is -2.39. The van der Waals surface area contributed by atoms with Gasteiger partial charge in [-0.15, -0.1) is 0 Å². The number of hydrogen-bond acceptors (Lipinski definition) is 3. The summed E-state index contributed by atoms with van der Waals surface area (Å²) in [6.45, 7) is 0. The minimum Gasteiger partial charge on any atom is -0.381 e. The maximum absolute atomic E-state index is 10.8. The first-order valence-corrected chi connectivity index (χ1v) is 8.18. The molecule has 3 rings (SSSR count). The summed E-state index contributed by atoms with van der Waals surface area (Å²) in [6, 6.07) is 11.5. The monoisotopic (exact) mass is 326 g/mol. The van der Waals surface area contributed by atoms with Crippen LogP contribution in [0.15, 0.2) is 48.8 Å². The van der Waals surface area contributed by atoms with Gasteiger partial charge in [0.2, 0.25) is 0 Å². The number of aromatic nitrogens is 1. The maximum Gasteiger partial charge on any atom is 0.127 e. The Labute approximate surface area is 141 Å². The van der Waals surface area contributed by atoms with Gasteiger partial charge in [0, 0.05) is 35.4 Å². The van der Waals surface area contributed by atoms with Crippen molar-refractivity contribution in [1.29, 1.82) is 0 Å². The van der Waals surface area contributed by atoms with Gasteiger partial charge in [0.05, 0.1) is 5.69 Å². The highest BCUT2D eigenvalue weighted by molar-refractivity contribution is 6.30. The van der Waals surface area contributed by atoms with Crippen molar-refractivity contribution in [2.24, 2.45) is 0 Å². The first-order valence-electron chi connectivity index (χ1n) is 7.81. The molecule has 3 nitrogen and oxygen atoms in total. The molecule has 1 aromatic heterocycles. The summed E-state index contributed by atoms with van der Waals surface area (Å²) in [7, 11) is 0. The molecule has 0 spiro atoms. The van der Waals surface area contributed by atoms with Gasteiger partial charge in [0.25, 0.3) is 0 Å². The fraction of sp³-hybridized carbons (Fsp3) is 0.316. The number of aliphatic hydroxyl groups is 1. The molecule has 0 amide bonds. The van der Waals surface area contributed by atoms with Crippen molar-refractivity contribution in [3.63, 3.8) is 0 Å². The molecular weight excluding hydrogens is 308 g/mol. The van der Waals surface area contributed by atoms with Crippen LogP contribution in [0.2, 0.25) is 5.02 Å². The molecule has 0 saturated heterocycles. The zero-order chi connectivity index (χ0) is 16.1. The lowest BCUT2D eigenvalue weighted by Gasteiger charge is -2.34. The minimum absolute atomic E-state index is 0.201. The van der Waals surface area contributed by atoms with Crippen LogP contribution >= 0.6 is 11.6 Å². The molecular formula is C19H19ClN2O. The molecule has 2 atom stereocenters. The molecule has 1 saturated carbocycles. The van der Waals surface area contributed by atoms with Crippen molar-refractivity contribution in [1.82, 2.24) is 4.98 Å². The normalized spacial score (nSPS) is 23.7. The highest BCUT2D eigenvalue weighted by Crippen LogP contribution is 2.30. The third kappa shape index (κ3) is 4.48. The van der Waals surface area contributed by atoms with Gasteiger partial charge in [0.15, 0.2) is 0 Å². The third-order valence-electron chi connectivity index (χ3n) is 4.02. The van der Waals surface area contributed by atoms with Crippen molar-refractivity contribution in [2.45, 2.75) is 37.3 Å². The zero-order valence-corrected chi connectivity index (χ0v) is 13.6.